The molecule has 2 rings (SSSR count). The zero-order chi connectivity index (χ0) is 15.1. The Morgan fingerprint density at radius 2 is 1.67 bits per heavy atom. The fourth-order valence-corrected chi connectivity index (χ4v) is 1.97. The number of nitrogens with one attached hydrogen (secondary N) is 1. The Morgan fingerprint density at radius 1 is 1.00 bits per heavy atom. The van der Waals surface area contributed by atoms with Gasteiger partial charge in [0, 0.05) is 12.6 Å². The number of ether oxygens (including phenoxy) is 1. The molecule has 0 aromatic heterocycles. The number of hydrogen-bond donors (Lipinski definition) is 1. The molecule has 0 radical (unpaired) electrons. The number of amides is 1. The van der Waals surface area contributed by atoms with E-state index in [2.05, 4.69) is 10.1 Å². The predicted molar refractivity (Wildman–Crippen MR) is 81.0 cm³/mol. The van der Waals surface area contributed by atoms with Gasteiger partial charge in [-0.1, -0.05) is 48.5 Å². The highest BCUT2D eigenvalue weighted by Crippen LogP contribution is 2.19. The molecule has 0 saturated carbocycles. The second-order valence-corrected chi connectivity index (χ2v) is 4.65. The van der Waals surface area contributed by atoms with Crippen LogP contribution in [0.15, 0.2) is 54.6 Å². The predicted octanol–water partition coefficient (Wildman–Crippen LogP) is 2.78. The average Bonchev–Trinajstić information content (AvgIpc) is 2.48. The summed E-state index contributed by atoms with van der Waals surface area (Å²) in [6, 6.07) is 17.6. The van der Waals surface area contributed by atoms with E-state index in [0.717, 1.165) is 17.7 Å². The normalized spacial score (nSPS) is 9.95. The molecule has 0 aliphatic heterocycles. The Balaban J connectivity index is 2.06. The van der Waals surface area contributed by atoms with Crippen LogP contribution in [0.1, 0.15) is 18.1 Å². The minimum absolute atomic E-state index is 0.269. The largest absolute Gasteiger partial charge is 0.456 e. The standard InChI is InChI=1S/C17H17NO3/c1-13(19)21-12-17(20)18-16-10-6-5-9-15(16)11-14-7-3-2-4-8-14/h2-10H,11-12H2,1H3,(H,18,20). The van der Waals surface area contributed by atoms with Crippen molar-refractivity contribution in [3.63, 3.8) is 0 Å². The highest BCUT2D eigenvalue weighted by molar-refractivity contribution is 5.93. The first-order valence-corrected chi connectivity index (χ1v) is 6.70. The summed E-state index contributed by atoms with van der Waals surface area (Å²) in [5.41, 5.74) is 2.91. The fourth-order valence-electron chi connectivity index (χ4n) is 1.97. The van der Waals surface area contributed by atoms with Crippen molar-refractivity contribution in [2.75, 3.05) is 11.9 Å². The SMILES string of the molecule is CC(=O)OCC(=O)Nc1ccccc1Cc1ccccc1. The Bertz CT molecular complexity index is 623. The van der Waals surface area contributed by atoms with Crippen LogP contribution in [0.4, 0.5) is 5.69 Å². The van der Waals surface area contributed by atoms with Gasteiger partial charge in [-0.05, 0) is 23.6 Å². The molecule has 4 heteroatoms. The van der Waals surface area contributed by atoms with Crippen molar-refractivity contribution >= 4 is 17.6 Å². The highest BCUT2D eigenvalue weighted by atomic mass is 16.5. The molecule has 0 unspecified atom stereocenters. The number of anilines is 1. The molecule has 21 heavy (non-hydrogen) atoms. The maximum absolute atomic E-state index is 11.7. The van der Waals surface area contributed by atoms with E-state index in [1.807, 2.05) is 54.6 Å². The molecule has 2 aromatic rings. The van der Waals surface area contributed by atoms with E-state index >= 15 is 0 Å². The molecule has 1 amide bonds. The number of hydrogen-bond acceptors (Lipinski definition) is 3. The molecule has 0 heterocycles. The van der Waals surface area contributed by atoms with Crippen molar-refractivity contribution in [3.05, 3.63) is 65.7 Å². The van der Waals surface area contributed by atoms with Crippen molar-refractivity contribution in [2.24, 2.45) is 0 Å². The van der Waals surface area contributed by atoms with Crippen LogP contribution in [0, 0.1) is 0 Å². The van der Waals surface area contributed by atoms with Crippen molar-refractivity contribution in [1.29, 1.82) is 0 Å². The van der Waals surface area contributed by atoms with Crippen molar-refractivity contribution in [3.8, 4) is 0 Å². The molecule has 0 aliphatic rings. The van der Waals surface area contributed by atoms with Gasteiger partial charge in [0.25, 0.3) is 5.91 Å². The molecule has 2 aromatic carbocycles. The Hall–Kier alpha value is -2.62. The molecule has 0 aliphatic carbocycles. The molecule has 108 valence electrons. The van der Waals surface area contributed by atoms with Gasteiger partial charge in [-0.3, -0.25) is 9.59 Å². The van der Waals surface area contributed by atoms with Crippen LogP contribution in [-0.2, 0) is 20.7 Å². The lowest BCUT2D eigenvalue weighted by atomic mass is 10.0. The summed E-state index contributed by atoms with van der Waals surface area (Å²) in [6.07, 6.45) is 0.727. The molecule has 1 N–H and O–H groups in total. The van der Waals surface area contributed by atoms with E-state index in [0.29, 0.717) is 0 Å². The topological polar surface area (TPSA) is 55.4 Å². The zero-order valence-corrected chi connectivity index (χ0v) is 11.8. The molecule has 0 bridgehead atoms. The van der Waals surface area contributed by atoms with Gasteiger partial charge in [-0.15, -0.1) is 0 Å². The minimum Gasteiger partial charge on any atom is -0.456 e. The van der Waals surface area contributed by atoms with Crippen molar-refractivity contribution in [2.45, 2.75) is 13.3 Å². The van der Waals surface area contributed by atoms with Gasteiger partial charge < -0.3 is 10.1 Å². The molecule has 0 fully saturated rings. The van der Waals surface area contributed by atoms with Gasteiger partial charge >= 0.3 is 5.97 Å². The summed E-state index contributed by atoms with van der Waals surface area (Å²) in [5.74, 6) is -0.812. The fraction of sp³-hybridized carbons (Fsp3) is 0.176. The van der Waals surface area contributed by atoms with Crippen LogP contribution < -0.4 is 5.32 Å². The first-order chi connectivity index (χ1) is 10.1. The van der Waals surface area contributed by atoms with Crippen LogP contribution in [0.25, 0.3) is 0 Å². The lowest BCUT2D eigenvalue weighted by Gasteiger charge is -2.11. The van der Waals surface area contributed by atoms with E-state index in [-0.39, 0.29) is 12.5 Å². The van der Waals surface area contributed by atoms with Crippen LogP contribution in [0.2, 0.25) is 0 Å². The summed E-state index contributed by atoms with van der Waals surface area (Å²) in [4.78, 5) is 22.4. The molecule has 0 atom stereocenters. The number of para-hydroxylation sites is 1. The Kier molecular flexibility index (Phi) is 5.10. The van der Waals surface area contributed by atoms with Crippen LogP contribution in [0.5, 0.6) is 0 Å². The van der Waals surface area contributed by atoms with Gasteiger partial charge in [0.05, 0.1) is 0 Å². The van der Waals surface area contributed by atoms with Crippen LogP contribution in [0.3, 0.4) is 0 Å². The lowest BCUT2D eigenvalue weighted by Crippen LogP contribution is -2.20. The van der Waals surface area contributed by atoms with Crippen LogP contribution >= 0.6 is 0 Å². The van der Waals surface area contributed by atoms with Gasteiger partial charge in [0.15, 0.2) is 6.61 Å². The number of carbonyl (C=O) groups is 2. The Labute approximate surface area is 123 Å². The number of carbonyl (C=O) groups excluding carboxylic acids is 2. The van der Waals surface area contributed by atoms with Gasteiger partial charge in [0.2, 0.25) is 0 Å². The van der Waals surface area contributed by atoms with Crippen molar-refractivity contribution in [1.82, 2.24) is 0 Å². The summed E-state index contributed by atoms with van der Waals surface area (Å²) < 4.78 is 4.68. The summed E-state index contributed by atoms with van der Waals surface area (Å²) in [5, 5.41) is 2.77. The summed E-state index contributed by atoms with van der Waals surface area (Å²) >= 11 is 0. The number of rotatable bonds is 5. The minimum atomic E-state index is -0.470. The van der Waals surface area contributed by atoms with Gasteiger partial charge in [-0.2, -0.15) is 0 Å². The van der Waals surface area contributed by atoms with Crippen molar-refractivity contribution < 1.29 is 14.3 Å². The van der Waals surface area contributed by atoms with Gasteiger partial charge in [-0.25, -0.2) is 0 Å². The molecule has 0 saturated heterocycles. The molecular formula is C17H17NO3. The molecule has 0 spiro atoms. The van der Waals surface area contributed by atoms with Gasteiger partial charge in [0.1, 0.15) is 0 Å². The monoisotopic (exact) mass is 283 g/mol. The second-order valence-electron chi connectivity index (χ2n) is 4.65. The first kappa shape index (κ1) is 14.8. The average molecular weight is 283 g/mol. The van der Waals surface area contributed by atoms with E-state index in [1.54, 1.807) is 0 Å². The maximum Gasteiger partial charge on any atom is 0.303 e. The Morgan fingerprint density at radius 3 is 2.38 bits per heavy atom. The quantitative estimate of drug-likeness (QED) is 0.858. The molecule has 4 nitrogen and oxygen atoms in total. The molecular weight excluding hydrogens is 266 g/mol. The number of esters is 1. The summed E-state index contributed by atoms with van der Waals surface area (Å²) in [6.45, 7) is 1.01. The van der Waals surface area contributed by atoms with E-state index in [1.165, 1.54) is 12.5 Å². The third kappa shape index (κ3) is 4.76. The first-order valence-electron chi connectivity index (χ1n) is 6.70. The lowest BCUT2D eigenvalue weighted by molar-refractivity contribution is -0.144. The van der Waals surface area contributed by atoms with E-state index in [4.69, 9.17) is 0 Å². The van der Waals surface area contributed by atoms with E-state index < -0.39 is 5.97 Å². The van der Waals surface area contributed by atoms with E-state index in [9.17, 15) is 9.59 Å². The summed E-state index contributed by atoms with van der Waals surface area (Å²) in [7, 11) is 0. The maximum atomic E-state index is 11.7. The van der Waals surface area contributed by atoms with Crippen LogP contribution in [-0.4, -0.2) is 18.5 Å². The highest BCUT2D eigenvalue weighted by Gasteiger charge is 2.08. The number of benzene rings is 2. The third-order valence-corrected chi connectivity index (χ3v) is 2.94. The zero-order valence-electron chi connectivity index (χ0n) is 11.8. The third-order valence-electron chi connectivity index (χ3n) is 2.94. The second kappa shape index (κ2) is 7.24. The smallest absolute Gasteiger partial charge is 0.303 e.